The van der Waals surface area contributed by atoms with Crippen LogP contribution < -0.4 is 5.32 Å². The van der Waals surface area contributed by atoms with Gasteiger partial charge in [-0.2, -0.15) is 4.31 Å². The van der Waals surface area contributed by atoms with Crippen molar-refractivity contribution in [1.82, 2.24) is 4.31 Å². The highest BCUT2D eigenvalue weighted by molar-refractivity contribution is 7.89. The number of sulfonamides is 1. The fourth-order valence-corrected chi connectivity index (χ4v) is 4.27. The molecule has 1 amide bonds. The van der Waals surface area contributed by atoms with Crippen molar-refractivity contribution in [2.75, 3.05) is 18.4 Å². The Morgan fingerprint density at radius 1 is 1.32 bits per heavy atom. The first-order valence-corrected chi connectivity index (χ1v) is 9.27. The lowest BCUT2D eigenvalue weighted by atomic mass is 10.0. The Kier molecular flexibility index (Phi) is 5.58. The zero-order valence-electron chi connectivity index (χ0n) is 13.2. The van der Waals surface area contributed by atoms with Gasteiger partial charge in [0.25, 0.3) is 0 Å². The first-order chi connectivity index (χ1) is 10.4. The summed E-state index contributed by atoms with van der Waals surface area (Å²) in [6.45, 7) is 5.18. The molecule has 1 N–H and O–H groups in total. The lowest BCUT2D eigenvalue weighted by Crippen LogP contribution is -2.39. The summed E-state index contributed by atoms with van der Waals surface area (Å²) in [7, 11) is -3.43. The summed E-state index contributed by atoms with van der Waals surface area (Å²) >= 11 is 0. The van der Waals surface area contributed by atoms with Crippen molar-refractivity contribution in [3.63, 3.8) is 0 Å². The number of piperidine rings is 1. The van der Waals surface area contributed by atoms with E-state index < -0.39 is 10.0 Å². The van der Waals surface area contributed by atoms with Gasteiger partial charge in [-0.05, 0) is 49.4 Å². The van der Waals surface area contributed by atoms with Crippen LogP contribution in [0.2, 0.25) is 0 Å². The Morgan fingerprint density at radius 2 is 2.00 bits per heavy atom. The summed E-state index contributed by atoms with van der Waals surface area (Å²) in [6.07, 6.45) is 3.23. The van der Waals surface area contributed by atoms with Gasteiger partial charge in [-0.15, -0.1) is 0 Å². The van der Waals surface area contributed by atoms with E-state index in [4.69, 9.17) is 0 Å². The zero-order valence-corrected chi connectivity index (χ0v) is 14.0. The van der Waals surface area contributed by atoms with Crippen LogP contribution in [0.1, 0.15) is 39.5 Å². The van der Waals surface area contributed by atoms with E-state index in [9.17, 15) is 13.2 Å². The van der Waals surface area contributed by atoms with Crippen LogP contribution in [-0.2, 0) is 14.8 Å². The standard InChI is InChI=1S/C16H24N2O3S/c1-3-5-16(19)17-14-7-9-15(10-8-14)22(20,21)18-11-4-6-13(2)12-18/h7-10,13H,3-6,11-12H2,1-2H3,(H,17,19)/t13-/m0/s1. The molecule has 1 atom stereocenters. The molecule has 0 spiro atoms. The van der Waals surface area contributed by atoms with Crippen LogP contribution in [0.4, 0.5) is 5.69 Å². The van der Waals surface area contributed by atoms with E-state index >= 15 is 0 Å². The Labute approximate surface area is 132 Å². The largest absolute Gasteiger partial charge is 0.326 e. The molecule has 0 saturated carbocycles. The van der Waals surface area contributed by atoms with Gasteiger partial charge in [0.05, 0.1) is 4.90 Å². The number of hydrogen-bond acceptors (Lipinski definition) is 3. The van der Waals surface area contributed by atoms with Crippen molar-refractivity contribution < 1.29 is 13.2 Å². The first-order valence-electron chi connectivity index (χ1n) is 7.83. The molecule has 1 saturated heterocycles. The van der Waals surface area contributed by atoms with Crippen LogP contribution in [0.3, 0.4) is 0 Å². The van der Waals surface area contributed by atoms with E-state index in [2.05, 4.69) is 12.2 Å². The van der Waals surface area contributed by atoms with Crippen LogP contribution in [0, 0.1) is 5.92 Å². The molecule has 0 unspecified atom stereocenters. The maximum Gasteiger partial charge on any atom is 0.243 e. The predicted octanol–water partition coefficient (Wildman–Crippen LogP) is 2.85. The summed E-state index contributed by atoms with van der Waals surface area (Å²) in [5.41, 5.74) is 0.629. The summed E-state index contributed by atoms with van der Waals surface area (Å²) in [6, 6.07) is 6.42. The topological polar surface area (TPSA) is 66.5 Å². The molecule has 1 aliphatic heterocycles. The predicted molar refractivity (Wildman–Crippen MR) is 87.1 cm³/mol. The monoisotopic (exact) mass is 324 g/mol. The minimum atomic E-state index is -3.43. The van der Waals surface area contributed by atoms with E-state index in [1.165, 1.54) is 0 Å². The highest BCUT2D eigenvalue weighted by Gasteiger charge is 2.28. The average molecular weight is 324 g/mol. The summed E-state index contributed by atoms with van der Waals surface area (Å²) in [4.78, 5) is 11.8. The Morgan fingerprint density at radius 3 is 2.59 bits per heavy atom. The van der Waals surface area contributed by atoms with Gasteiger partial charge in [0.1, 0.15) is 0 Å². The van der Waals surface area contributed by atoms with Crippen molar-refractivity contribution >= 4 is 21.6 Å². The Bertz CT molecular complexity index is 611. The molecular formula is C16H24N2O3S. The van der Waals surface area contributed by atoms with E-state index in [1.54, 1.807) is 28.6 Å². The van der Waals surface area contributed by atoms with Crippen molar-refractivity contribution in [2.24, 2.45) is 5.92 Å². The fraction of sp³-hybridized carbons (Fsp3) is 0.562. The third-order valence-corrected chi connectivity index (χ3v) is 5.75. The molecule has 0 bridgehead atoms. The molecule has 1 heterocycles. The highest BCUT2D eigenvalue weighted by Crippen LogP contribution is 2.24. The number of amides is 1. The smallest absolute Gasteiger partial charge is 0.243 e. The summed E-state index contributed by atoms with van der Waals surface area (Å²) < 4.78 is 26.8. The lowest BCUT2D eigenvalue weighted by Gasteiger charge is -2.30. The SMILES string of the molecule is CCCC(=O)Nc1ccc(S(=O)(=O)N2CCC[C@H](C)C2)cc1. The Hall–Kier alpha value is -1.40. The second-order valence-corrected chi connectivity index (χ2v) is 7.87. The molecule has 5 nitrogen and oxygen atoms in total. The molecule has 2 rings (SSSR count). The molecule has 1 aliphatic rings. The molecule has 22 heavy (non-hydrogen) atoms. The number of nitrogens with one attached hydrogen (secondary N) is 1. The van der Waals surface area contributed by atoms with Gasteiger partial charge < -0.3 is 5.32 Å². The van der Waals surface area contributed by atoms with E-state index in [0.29, 0.717) is 31.1 Å². The normalized spacial score (nSPS) is 19.8. The molecule has 0 aliphatic carbocycles. The maximum absolute atomic E-state index is 12.6. The van der Waals surface area contributed by atoms with Crippen LogP contribution in [0.15, 0.2) is 29.2 Å². The number of rotatable bonds is 5. The zero-order chi connectivity index (χ0) is 16.2. The highest BCUT2D eigenvalue weighted by atomic mass is 32.2. The fourth-order valence-electron chi connectivity index (χ4n) is 2.67. The Balaban J connectivity index is 2.10. The van der Waals surface area contributed by atoms with Crippen LogP contribution in [0.5, 0.6) is 0 Å². The van der Waals surface area contributed by atoms with Crippen LogP contribution in [-0.4, -0.2) is 31.7 Å². The van der Waals surface area contributed by atoms with Gasteiger partial charge in [0.2, 0.25) is 15.9 Å². The van der Waals surface area contributed by atoms with Crippen molar-refractivity contribution in [3.8, 4) is 0 Å². The van der Waals surface area contributed by atoms with E-state index in [0.717, 1.165) is 19.3 Å². The molecule has 122 valence electrons. The third kappa shape index (κ3) is 4.08. The van der Waals surface area contributed by atoms with Crippen molar-refractivity contribution in [2.45, 2.75) is 44.4 Å². The second kappa shape index (κ2) is 7.24. The molecule has 0 aromatic heterocycles. The minimum Gasteiger partial charge on any atom is -0.326 e. The number of anilines is 1. The number of hydrogen-bond donors (Lipinski definition) is 1. The minimum absolute atomic E-state index is 0.0528. The quantitative estimate of drug-likeness (QED) is 0.905. The maximum atomic E-state index is 12.6. The molecular weight excluding hydrogens is 300 g/mol. The van der Waals surface area contributed by atoms with E-state index in [-0.39, 0.29) is 10.8 Å². The van der Waals surface area contributed by atoms with Gasteiger partial charge in [-0.25, -0.2) is 8.42 Å². The number of carbonyl (C=O) groups is 1. The van der Waals surface area contributed by atoms with Crippen molar-refractivity contribution in [1.29, 1.82) is 0 Å². The van der Waals surface area contributed by atoms with Gasteiger partial charge in [0, 0.05) is 25.2 Å². The number of nitrogens with zero attached hydrogens (tertiary/aromatic N) is 1. The first kappa shape index (κ1) is 17.0. The number of benzene rings is 1. The van der Waals surface area contributed by atoms with Gasteiger partial charge in [-0.3, -0.25) is 4.79 Å². The van der Waals surface area contributed by atoms with Gasteiger partial charge >= 0.3 is 0 Å². The summed E-state index contributed by atoms with van der Waals surface area (Å²) in [5.74, 6) is 0.346. The van der Waals surface area contributed by atoms with Gasteiger partial charge in [0.15, 0.2) is 0 Å². The number of carbonyl (C=O) groups excluding carboxylic acids is 1. The summed E-state index contributed by atoms with van der Waals surface area (Å²) in [5, 5.41) is 2.76. The average Bonchev–Trinajstić information content (AvgIpc) is 2.48. The van der Waals surface area contributed by atoms with Crippen LogP contribution >= 0.6 is 0 Å². The molecule has 1 aromatic carbocycles. The molecule has 1 aromatic rings. The lowest BCUT2D eigenvalue weighted by molar-refractivity contribution is -0.116. The van der Waals surface area contributed by atoms with Crippen molar-refractivity contribution in [3.05, 3.63) is 24.3 Å². The molecule has 0 radical (unpaired) electrons. The second-order valence-electron chi connectivity index (χ2n) is 5.93. The molecule has 6 heteroatoms. The van der Waals surface area contributed by atoms with E-state index in [1.807, 2.05) is 6.92 Å². The van der Waals surface area contributed by atoms with Gasteiger partial charge in [-0.1, -0.05) is 13.8 Å². The third-order valence-electron chi connectivity index (χ3n) is 3.87. The van der Waals surface area contributed by atoms with Crippen LogP contribution in [0.25, 0.3) is 0 Å². The molecule has 1 fully saturated rings.